The van der Waals surface area contributed by atoms with E-state index >= 15 is 0 Å². The van der Waals surface area contributed by atoms with Crippen molar-refractivity contribution in [2.45, 2.75) is 85.0 Å². The van der Waals surface area contributed by atoms with Crippen molar-refractivity contribution in [3.05, 3.63) is 48.0 Å². The molecule has 2 amide bonds. The van der Waals surface area contributed by atoms with Crippen LogP contribution < -0.4 is 5.32 Å². The van der Waals surface area contributed by atoms with Gasteiger partial charge in [0.2, 0.25) is 0 Å². The van der Waals surface area contributed by atoms with Crippen LogP contribution in [0.3, 0.4) is 0 Å². The summed E-state index contributed by atoms with van der Waals surface area (Å²) >= 11 is 0. The minimum absolute atomic E-state index is 0.254. The Balaban J connectivity index is 1.66. The zero-order valence-corrected chi connectivity index (χ0v) is 24.2. The van der Waals surface area contributed by atoms with E-state index in [1.807, 2.05) is 64.6 Å². The second kappa shape index (κ2) is 13.3. The average molecular weight is 526 g/mol. The van der Waals surface area contributed by atoms with Gasteiger partial charge in [0.15, 0.2) is 0 Å². The summed E-state index contributed by atoms with van der Waals surface area (Å²) in [4.78, 5) is 29.8. The molecule has 0 unspecified atom stereocenters. The fourth-order valence-electron chi connectivity index (χ4n) is 4.76. The highest BCUT2D eigenvalue weighted by Crippen LogP contribution is 2.22. The standard InChI is InChI=1S/C31H47N3O4/c1-30(2,3)37-28(35)33(22-24-16-18-32-19-17-24)20-9-10-21-34(29(36)38-31(4,5)6)23-26-14-11-13-25-12-7-8-15-27(25)26/h7-8,11-15,24,32H,9-10,16-23H2,1-6H3. The number of unbranched alkanes of at least 4 members (excludes halogenated alkanes) is 1. The number of carbonyl (C=O) groups is 2. The van der Waals surface area contributed by atoms with Gasteiger partial charge in [-0.05, 0) is 103 Å². The minimum atomic E-state index is -0.573. The largest absolute Gasteiger partial charge is 0.444 e. The molecule has 1 N–H and O–H groups in total. The fourth-order valence-corrected chi connectivity index (χ4v) is 4.76. The van der Waals surface area contributed by atoms with Gasteiger partial charge in [-0.1, -0.05) is 42.5 Å². The quantitative estimate of drug-likeness (QED) is 0.374. The van der Waals surface area contributed by atoms with Gasteiger partial charge < -0.3 is 24.6 Å². The molecule has 3 rings (SSSR count). The summed E-state index contributed by atoms with van der Waals surface area (Å²) in [6.45, 7) is 15.7. The van der Waals surface area contributed by atoms with Gasteiger partial charge in [0, 0.05) is 26.2 Å². The normalized spacial score (nSPS) is 14.8. The molecule has 7 nitrogen and oxygen atoms in total. The zero-order chi connectivity index (χ0) is 27.8. The number of hydrogen-bond acceptors (Lipinski definition) is 5. The Labute approximate surface area is 228 Å². The molecular formula is C31H47N3O4. The molecule has 0 spiro atoms. The van der Waals surface area contributed by atoms with E-state index in [0.29, 0.717) is 32.1 Å². The Bertz CT molecular complexity index is 1050. The van der Waals surface area contributed by atoms with Crippen LogP contribution in [0, 0.1) is 5.92 Å². The van der Waals surface area contributed by atoms with Gasteiger partial charge in [-0.2, -0.15) is 0 Å². The van der Waals surface area contributed by atoms with Crippen molar-refractivity contribution in [2.24, 2.45) is 5.92 Å². The topological polar surface area (TPSA) is 71.1 Å². The molecule has 1 aliphatic rings. The van der Waals surface area contributed by atoms with E-state index in [9.17, 15) is 9.59 Å². The summed E-state index contributed by atoms with van der Waals surface area (Å²) in [7, 11) is 0. The third kappa shape index (κ3) is 9.82. The third-order valence-corrected chi connectivity index (χ3v) is 6.59. The third-order valence-electron chi connectivity index (χ3n) is 6.59. The van der Waals surface area contributed by atoms with Gasteiger partial charge in [-0.3, -0.25) is 0 Å². The van der Waals surface area contributed by atoms with Crippen LogP contribution in [0.15, 0.2) is 42.5 Å². The molecule has 1 fully saturated rings. The van der Waals surface area contributed by atoms with Crippen LogP contribution in [0.4, 0.5) is 9.59 Å². The molecule has 0 saturated carbocycles. The summed E-state index contributed by atoms with van der Waals surface area (Å²) in [5, 5.41) is 5.69. The Hall–Kier alpha value is -2.80. The lowest BCUT2D eigenvalue weighted by atomic mass is 9.97. The van der Waals surface area contributed by atoms with Gasteiger partial charge in [-0.25, -0.2) is 9.59 Å². The molecule has 210 valence electrons. The number of hydrogen-bond donors (Lipinski definition) is 1. The van der Waals surface area contributed by atoms with Crippen LogP contribution in [0.1, 0.15) is 72.8 Å². The lowest BCUT2D eigenvalue weighted by Gasteiger charge is -2.32. The van der Waals surface area contributed by atoms with Gasteiger partial charge in [-0.15, -0.1) is 0 Å². The highest BCUT2D eigenvalue weighted by Gasteiger charge is 2.26. The molecule has 0 radical (unpaired) electrons. The maximum atomic E-state index is 13.2. The van der Waals surface area contributed by atoms with Gasteiger partial charge >= 0.3 is 12.2 Å². The monoisotopic (exact) mass is 525 g/mol. The second-order valence-corrected chi connectivity index (χ2v) is 12.4. The summed E-state index contributed by atoms with van der Waals surface area (Å²) in [6, 6.07) is 14.4. The molecule has 7 heteroatoms. The zero-order valence-electron chi connectivity index (χ0n) is 24.2. The molecule has 1 heterocycles. The Morgan fingerprint density at radius 1 is 0.816 bits per heavy atom. The molecule has 0 atom stereocenters. The number of amides is 2. The van der Waals surface area contributed by atoms with E-state index in [0.717, 1.165) is 55.1 Å². The summed E-state index contributed by atoms with van der Waals surface area (Å²) < 4.78 is 11.5. The first-order chi connectivity index (χ1) is 17.9. The summed E-state index contributed by atoms with van der Waals surface area (Å²) in [5.41, 5.74) is -0.0125. The molecular weight excluding hydrogens is 478 g/mol. The highest BCUT2D eigenvalue weighted by molar-refractivity contribution is 5.86. The van der Waals surface area contributed by atoms with Crippen LogP contribution >= 0.6 is 0 Å². The van der Waals surface area contributed by atoms with Crippen LogP contribution in [-0.2, 0) is 16.0 Å². The first kappa shape index (κ1) is 29.8. The molecule has 1 aliphatic heterocycles. The van der Waals surface area contributed by atoms with E-state index in [1.54, 1.807) is 4.90 Å². The van der Waals surface area contributed by atoms with Crippen molar-refractivity contribution in [1.82, 2.24) is 15.1 Å². The van der Waals surface area contributed by atoms with Crippen molar-refractivity contribution in [3.63, 3.8) is 0 Å². The second-order valence-electron chi connectivity index (χ2n) is 12.4. The highest BCUT2D eigenvalue weighted by atomic mass is 16.6. The smallest absolute Gasteiger partial charge is 0.410 e. The Morgan fingerprint density at radius 3 is 2.00 bits per heavy atom. The first-order valence-corrected chi connectivity index (χ1v) is 14.0. The molecule has 0 aliphatic carbocycles. The number of nitrogens with zero attached hydrogens (tertiary/aromatic N) is 2. The molecule has 2 aromatic carbocycles. The van der Waals surface area contributed by atoms with Crippen molar-refractivity contribution in [3.8, 4) is 0 Å². The lowest BCUT2D eigenvalue weighted by Crippen LogP contribution is -2.42. The maximum Gasteiger partial charge on any atom is 0.410 e. The number of nitrogens with one attached hydrogen (secondary N) is 1. The molecule has 38 heavy (non-hydrogen) atoms. The fraction of sp³-hybridized carbons (Fsp3) is 0.613. The lowest BCUT2D eigenvalue weighted by molar-refractivity contribution is 0.0179. The van der Waals surface area contributed by atoms with E-state index in [2.05, 4.69) is 29.6 Å². The number of ether oxygens (including phenoxy) is 2. The molecule has 0 bridgehead atoms. The van der Waals surface area contributed by atoms with Crippen molar-refractivity contribution < 1.29 is 19.1 Å². The molecule has 2 aromatic rings. The van der Waals surface area contributed by atoms with Gasteiger partial charge in [0.25, 0.3) is 0 Å². The predicted octanol–water partition coefficient (Wildman–Crippen LogP) is 6.59. The Morgan fingerprint density at radius 2 is 1.37 bits per heavy atom. The number of fused-ring (bicyclic) bond motifs is 1. The van der Waals surface area contributed by atoms with Crippen molar-refractivity contribution in [1.29, 1.82) is 0 Å². The summed E-state index contributed by atoms with van der Waals surface area (Å²) in [6.07, 6.45) is 3.10. The molecule has 0 aromatic heterocycles. The van der Waals surface area contributed by atoms with Crippen molar-refractivity contribution >= 4 is 23.0 Å². The van der Waals surface area contributed by atoms with Crippen molar-refractivity contribution in [2.75, 3.05) is 32.7 Å². The first-order valence-electron chi connectivity index (χ1n) is 14.0. The van der Waals surface area contributed by atoms with Gasteiger partial charge in [0.05, 0.1) is 0 Å². The Kier molecular flexibility index (Phi) is 10.4. The van der Waals surface area contributed by atoms with Crippen LogP contribution in [0.25, 0.3) is 10.8 Å². The van der Waals surface area contributed by atoms with Crippen LogP contribution in [0.5, 0.6) is 0 Å². The summed E-state index contributed by atoms with van der Waals surface area (Å²) in [5.74, 6) is 0.480. The van der Waals surface area contributed by atoms with Crippen LogP contribution in [0.2, 0.25) is 0 Å². The van der Waals surface area contributed by atoms with E-state index in [4.69, 9.17) is 9.47 Å². The number of piperidine rings is 1. The predicted molar refractivity (Wildman–Crippen MR) is 153 cm³/mol. The number of carbonyl (C=O) groups excluding carboxylic acids is 2. The van der Waals surface area contributed by atoms with Crippen LogP contribution in [-0.4, -0.2) is 65.9 Å². The maximum absolute atomic E-state index is 13.2. The van der Waals surface area contributed by atoms with Gasteiger partial charge in [0.1, 0.15) is 11.2 Å². The number of rotatable bonds is 9. The minimum Gasteiger partial charge on any atom is -0.444 e. The van der Waals surface area contributed by atoms with E-state index < -0.39 is 11.2 Å². The number of benzene rings is 2. The molecule has 1 saturated heterocycles. The SMILES string of the molecule is CC(C)(C)OC(=O)N(CCCCN(CC1CCNCC1)C(=O)OC(C)(C)C)Cc1cccc2ccccc12. The van der Waals surface area contributed by atoms with E-state index in [-0.39, 0.29) is 12.2 Å². The average Bonchev–Trinajstić information content (AvgIpc) is 2.83. The van der Waals surface area contributed by atoms with E-state index in [1.165, 1.54) is 0 Å².